The molecule has 0 bridgehead atoms. The molecule has 0 fully saturated rings. The van der Waals surface area contributed by atoms with Crippen LogP contribution in [0.2, 0.25) is 0 Å². The number of aromatic amines is 1. The highest BCUT2D eigenvalue weighted by molar-refractivity contribution is 5.84. The molecule has 0 aliphatic heterocycles. The van der Waals surface area contributed by atoms with Crippen LogP contribution in [0.5, 0.6) is 0 Å². The van der Waals surface area contributed by atoms with Gasteiger partial charge in [-0.1, -0.05) is 0 Å². The molecular formula is C5H8N4. The Labute approximate surface area is 52.6 Å². The lowest BCUT2D eigenvalue weighted by Gasteiger charge is -1.85. The molecule has 0 aromatic carbocycles. The third kappa shape index (κ3) is 0.782. The molecule has 4 nitrogen and oxygen atoms in total. The van der Waals surface area contributed by atoms with Crippen molar-refractivity contribution in [1.82, 2.24) is 10.2 Å². The van der Waals surface area contributed by atoms with Gasteiger partial charge in [-0.2, -0.15) is 5.10 Å². The number of H-pyrrole nitrogens is 1. The number of rotatable bonds is 1. The van der Waals surface area contributed by atoms with Gasteiger partial charge in [0.1, 0.15) is 5.82 Å². The first-order chi connectivity index (χ1) is 4.25. The van der Waals surface area contributed by atoms with E-state index < -0.39 is 0 Å². The monoisotopic (exact) mass is 124 g/mol. The van der Waals surface area contributed by atoms with E-state index in [0.29, 0.717) is 11.4 Å². The van der Waals surface area contributed by atoms with E-state index in [-0.39, 0.29) is 0 Å². The van der Waals surface area contributed by atoms with Gasteiger partial charge in [0.15, 0.2) is 0 Å². The number of anilines is 1. The molecular weight excluding hydrogens is 116 g/mol. The van der Waals surface area contributed by atoms with Gasteiger partial charge in [-0.3, -0.25) is 5.10 Å². The molecule has 4 N–H and O–H groups in total. The third-order valence-electron chi connectivity index (χ3n) is 1.17. The number of nitrogens with one attached hydrogen (secondary N) is 2. The molecule has 0 spiro atoms. The Morgan fingerprint density at radius 1 is 1.78 bits per heavy atom. The molecule has 9 heavy (non-hydrogen) atoms. The number of aromatic nitrogens is 2. The van der Waals surface area contributed by atoms with Crippen LogP contribution in [0.3, 0.4) is 0 Å². The Bertz CT molecular complexity index is 205. The summed E-state index contributed by atoms with van der Waals surface area (Å²) in [4.78, 5) is 0. The van der Waals surface area contributed by atoms with Gasteiger partial charge in [-0.25, -0.2) is 0 Å². The quantitative estimate of drug-likeness (QED) is 0.471. The van der Waals surface area contributed by atoms with Gasteiger partial charge in [0.2, 0.25) is 0 Å². The van der Waals surface area contributed by atoms with Gasteiger partial charge in [0, 0.05) is 6.21 Å². The second-order valence-electron chi connectivity index (χ2n) is 1.78. The first-order valence-corrected chi connectivity index (χ1v) is 2.56. The summed E-state index contributed by atoms with van der Waals surface area (Å²) in [6, 6.07) is 0. The topological polar surface area (TPSA) is 78.6 Å². The average Bonchev–Trinajstić information content (AvgIpc) is 2.12. The van der Waals surface area contributed by atoms with Gasteiger partial charge >= 0.3 is 0 Å². The summed E-state index contributed by atoms with van der Waals surface area (Å²) >= 11 is 0. The van der Waals surface area contributed by atoms with E-state index >= 15 is 0 Å². The molecule has 0 radical (unpaired) electrons. The highest BCUT2D eigenvalue weighted by Crippen LogP contribution is 2.07. The van der Waals surface area contributed by atoms with Crippen molar-refractivity contribution in [2.24, 2.45) is 0 Å². The van der Waals surface area contributed by atoms with Crippen LogP contribution in [0, 0.1) is 12.3 Å². The Morgan fingerprint density at radius 3 is 2.67 bits per heavy atom. The third-order valence-corrected chi connectivity index (χ3v) is 1.17. The van der Waals surface area contributed by atoms with Gasteiger partial charge in [0.25, 0.3) is 0 Å². The van der Waals surface area contributed by atoms with Gasteiger partial charge in [-0.05, 0) is 6.92 Å². The number of aryl methyl sites for hydroxylation is 1. The Kier molecular flexibility index (Phi) is 1.22. The van der Waals surface area contributed by atoms with Crippen molar-refractivity contribution < 1.29 is 0 Å². The standard InChI is InChI=1S/C5H8N4/c1-3-4(2-6)5(7)9-8-3/h2,6H,1H3,(H3,7,8,9). The zero-order valence-corrected chi connectivity index (χ0v) is 5.10. The minimum atomic E-state index is 0.461. The number of hydrogen-bond donors (Lipinski definition) is 3. The van der Waals surface area contributed by atoms with Crippen LogP contribution in [0.25, 0.3) is 0 Å². The van der Waals surface area contributed by atoms with Gasteiger partial charge < -0.3 is 11.1 Å². The summed E-state index contributed by atoms with van der Waals surface area (Å²) < 4.78 is 0. The molecule has 0 amide bonds. The minimum Gasteiger partial charge on any atom is -0.384 e. The summed E-state index contributed by atoms with van der Waals surface area (Å²) in [5.41, 5.74) is 6.82. The average molecular weight is 124 g/mol. The summed E-state index contributed by atoms with van der Waals surface area (Å²) in [5, 5.41) is 13.2. The maximum atomic E-state index is 6.88. The molecule has 0 aliphatic rings. The van der Waals surface area contributed by atoms with Crippen molar-refractivity contribution in [2.45, 2.75) is 6.92 Å². The lowest BCUT2D eigenvalue weighted by molar-refractivity contribution is 1.05. The molecule has 0 atom stereocenters. The fourth-order valence-corrected chi connectivity index (χ4v) is 0.642. The van der Waals surface area contributed by atoms with Crippen molar-refractivity contribution in [1.29, 1.82) is 5.41 Å². The fraction of sp³-hybridized carbons (Fsp3) is 0.200. The normalized spacial score (nSPS) is 9.44. The maximum absolute atomic E-state index is 6.88. The SMILES string of the molecule is Cc1n[nH]c(N)c1C=N. The van der Waals surface area contributed by atoms with Crippen molar-refractivity contribution in [3.05, 3.63) is 11.3 Å². The summed E-state index contributed by atoms with van der Waals surface area (Å²) in [5.74, 6) is 0.461. The lowest BCUT2D eigenvalue weighted by Crippen LogP contribution is -1.89. The number of hydrogen-bond acceptors (Lipinski definition) is 3. The highest BCUT2D eigenvalue weighted by Gasteiger charge is 2.01. The smallest absolute Gasteiger partial charge is 0.127 e. The molecule has 4 heteroatoms. The molecule has 1 rings (SSSR count). The van der Waals surface area contributed by atoms with Crippen LogP contribution >= 0.6 is 0 Å². The predicted molar refractivity (Wildman–Crippen MR) is 35.6 cm³/mol. The molecule has 0 aliphatic carbocycles. The van der Waals surface area contributed by atoms with Crippen molar-refractivity contribution in [3.63, 3.8) is 0 Å². The second-order valence-corrected chi connectivity index (χ2v) is 1.78. The van der Waals surface area contributed by atoms with E-state index in [4.69, 9.17) is 11.1 Å². The molecule has 48 valence electrons. The van der Waals surface area contributed by atoms with Crippen LogP contribution in [0.1, 0.15) is 11.3 Å². The first-order valence-electron chi connectivity index (χ1n) is 2.56. The lowest BCUT2D eigenvalue weighted by atomic mass is 10.3. The van der Waals surface area contributed by atoms with Crippen molar-refractivity contribution >= 4 is 12.0 Å². The van der Waals surface area contributed by atoms with E-state index in [1.807, 2.05) is 0 Å². The fourth-order valence-electron chi connectivity index (χ4n) is 0.642. The predicted octanol–water partition coefficient (Wildman–Crippen LogP) is 0.298. The van der Waals surface area contributed by atoms with Gasteiger partial charge in [0.05, 0.1) is 11.3 Å². The molecule has 0 saturated carbocycles. The van der Waals surface area contributed by atoms with Crippen LogP contribution < -0.4 is 5.73 Å². The molecule has 1 heterocycles. The minimum absolute atomic E-state index is 0.461. The number of nitrogens with zero attached hydrogens (tertiary/aromatic N) is 1. The molecule has 0 saturated heterocycles. The molecule has 1 aromatic rings. The zero-order valence-electron chi connectivity index (χ0n) is 5.10. The van der Waals surface area contributed by atoms with E-state index in [2.05, 4.69) is 10.2 Å². The second kappa shape index (κ2) is 1.89. The molecule has 1 aromatic heterocycles. The van der Waals surface area contributed by atoms with E-state index in [9.17, 15) is 0 Å². The summed E-state index contributed by atoms with van der Waals surface area (Å²) in [6.07, 6.45) is 1.19. The van der Waals surface area contributed by atoms with Crippen LogP contribution in [0.4, 0.5) is 5.82 Å². The van der Waals surface area contributed by atoms with Crippen LogP contribution in [-0.2, 0) is 0 Å². The van der Waals surface area contributed by atoms with E-state index in [1.165, 1.54) is 6.21 Å². The Morgan fingerprint density at radius 2 is 2.44 bits per heavy atom. The number of nitrogen functional groups attached to an aromatic ring is 1. The van der Waals surface area contributed by atoms with Crippen LogP contribution in [0.15, 0.2) is 0 Å². The maximum Gasteiger partial charge on any atom is 0.127 e. The Balaban J connectivity index is 3.22. The summed E-state index contributed by atoms with van der Waals surface area (Å²) in [6.45, 7) is 1.80. The zero-order chi connectivity index (χ0) is 6.85. The number of nitrogens with two attached hydrogens (primary N) is 1. The largest absolute Gasteiger partial charge is 0.384 e. The van der Waals surface area contributed by atoms with E-state index in [1.54, 1.807) is 6.92 Å². The first kappa shape index (κ1) is 5.81. The molecule has 0 unspecified atom stereocenters. The Hall–Kier alpha value is -1.32. The van der Waals surface area contributed by atoms with Crippen molar-refractivity contribution in [2.75, 3.05) is 5.73 Å². The van der Waals surface area contributed by atoms with E-state index in [0.717, 1.165) is 5.69 Å². The van der Waals surface area contributed by atoms with Crippen molar-refractivity contribution in [3.8, 4) is 0 Å². The highest BCUT2D eigenvalue weighted by atomic mass is 15.2. The van der Waals surface area contributed by atoms with Gasteiger partial charge in [-0.15, -0.1) is 0 Å². The van der Waals surface area contributed by atoms with Crippen LogP contribution in [-0.4, -0.2) is 16.4 Å². The summed E-state index contributed by atoms with van der Waals surface area (Å²) in [7, 11) is 0.